The highest BCUT2D eigenvalue weighted by Gasteiger charge is 2.16. The van der Waals surface area contributed by atoms with Crippen molar-refractivity contribution >= 4 is 40.7 Å². The maximum absolute atomic E-state index is 12.4. The summed E-state index contributed by atoms with van der Waals surface area (Å²) in [5, 5.41) is 6.23. The molecular weight excluding hydrogens is 385 g/mol. The average Bonchev–Trinajstić information content (AvgIpc) is 3.04. The van der Waals surface area contributed by atoms with Gasteiger partial charge < -0.3 is 15.6 Å². The van der Waals surface area contributed by atoms with Crippen LogP contribution in [0.5, 0.6) is 0 Å². The average molecular weight is 402 g/mol. The van der Waals surface area contributed by atoms with Crippen molar-refractivity contribution in [1.82, 2.24) is 10.3 Å². The Hall–Kier alpha value is -2.76. The van der Waals surface area contributed by atoms with Gasteiger partial charge in [-0.05, 0) is 24.3 Å². The number of carbonyl (C=O) groups is 2. The fraction of sp³-hybridized carbons (Fsp3) is 0.100. The molecule has 7 heteroatoms. The highest BCUT2D eigenvalue weighted by atomic mass is 35.5. The summed E-state index contributed by atoms with van der Waals surface area (Å²) < 4.78 is 0. The van der Waals surface area contributed by atoms with E-state index in [2.05, 4.69) is 15.6 Å². The van der Waals surface area contributed by atoms with Crippen molar-refractivity contribution in [3.63, 3.8) is 0 Å². The van der Waals surface area contributed by atoms with Gasteiger partial charge in [0.2, 0.25) is 5.91 Å². The van der Waals surface area contributed by atoms with Crippen LogP contribution in [-0.2, 0) is 4.79 Å². The lowest BCUT2D eigenvalue weighted by atomic mass is 10.1. The summed E-state index contributed by atoms with van der Waals surface area (Å²) in [6.07, 6.45) is 0.153. The highest BCUT2D eigenvalue weighted by Crippen LogP contribution is 2.30. The molecule has 1 aromatic heterocycles. The minimum Gasteiger partial charge on any atom is -0.351 e. The zero-order valence-electron chi connectivity index (χ0n) is 14.3. The van der Waals surface area contributed by atoms with E-state index in [-0.39, 0.29) is 29.9 Å². The van der Waals surface area contributed by atoms with E-state index in [0.29, 0.717) is 22.0 Å². The third-order valence-electron chi connectivity index (χ3n) is 3.87. The van der Waals surface area contributed by atoms with E-state index in [1.54, 1.807) is 24.3 Å². The van der Waals surface area contributed by atoms with Gasteiger partial charge in [-0.3, -0.25) is 9.59 Å². The Balaban J connectivity index is 1.57. The largest absolute Gasteiger partial charge is 0.351 e. The quantitative estimate of drug-likeness (QED) is 0.557. The number of nitrogens with one attached hydrogen (secondary N) is 3. The minimum atomic E-state index is -0.359. The second-order valence-electron chi connectivity index (χ2n) is 5.81. The molecule has 0 radical (unpaired) electrons. The maximum atomic E-state index is 12.4. The van der Waals surface area contributed by atoms with Gasteiger partial charge in [0.15, 0.2) is 0 Å². The van der Waals surface area contributed by atoms with Gasteiger partial charge in [0.05, 0.1) is 5.56 Å². The number of hydrogen-bond acceptors (Lipinski definition) is 2. The Bertz CT molecular complexity index is 955. The van der Waals surface area contributed by atoms with E-state index in [9.17, 15) is 9.59 Å². The fourth-order valence-corrected chi connectivity index (χ4v) is 3.03. The van der Waals surface area contributed by atoms with E-state index < -0.39 is 0 Å². The van der Waals surface area contributed by atoms with Crippen LogP contribution in [0.15, 0.2) is 60.7 Å². The molecule has 5 nitrogen and oxygen atoms in total. The van der Waals surface area contributed by atoms with Crippen molar-refractivity contribution in [2.24, 2.45) is 0 Å². The van der Waals surface area contributed by atoms with Gasteiger partial charge in [0, 0.05) is 34.9 Å². The molecule has 3 N–H and O–H groups in total. The van der Waals surface area contributed by atoms with Crippen LogP contribution in [0.4, 0.5) is 5.69 Å². The van der Waals surface area contributed by atoms with Gasteiger partial charge in [0.1, 0.15) is 5.15 Å². The summed E-state index contributed by atoms with van der Waals surface area (Å²) in [6, 6.07) is 18.0. The third-order valence-corrected chi connectivity index (χ3v) is 4.50. The molecule has 27 heavy (non-hydrogen) atoms. The van der Waals surface area contributed by atoms with Gasteiger partial charge in [-0.1, -0.05) is 59.6 Å². The number of benzene rings is 2. The molecule has 0 unspecified atom stereocenters. The Morgan fingerprint density at radius 3 is 2.41 bits per heavy atom. The Labute approximate surface area is 166 Å². The van der Waals surface area contributed by atoms with Crippen LogP contribution in [0.2, 0.25) is 10.2 Å². The molecule has 2 aromatic carbocycles. The first kappa shape index (κ1) is 19.0. The third kappa shape index (κ3) is 4.90. The Kier molecular flexibility index (Phi) is 6.16. The van der Waals surface area contributed by atoms with Gasteiger partial charge in [-0.2, -0.15) is 0 Å². The highest BCUT2D eigenvalue weighted by molar-refractivity contribution is 6.34. The van der Waals surface area contributed by atoms with Gasteiger partial charge >= 0.3 is 0 Å². The summed E-state index contributed by atoms with van der Waals surface area (Å²) in [5.74, 6) is -0.541. The number of anilines is 1. The zero-order chi connectivity index (χ0) is 19.2. The number of hydrogen-bond donors (Lipinski definition) is 3. The second kappa shape index (κ2) is 8.75. The second-order valence-corrected chi connectivity index (χ2v) is 6.60. The van der Waals surface area contributed by atoms with Crippen LogP contribution in [0.3, 0.4) is 0 Å². The first-order chi connectivity index (χ1) is 13.0. The van der Waals surface area contributed by atoms with Crippen LogP contribution in [0.1, 0.15) is 16.8 Å². The van der Waals surface area contributed by atoms with E-state index in [1.807, 2.05) is 36.4 Å². The molecule has 0 saturated heterocycles. The topological polar surface area (TPSA) is 74.0 Å². The standard InChI is InChI=1S/C20H17Cl2N3O2/c21-16-9-5-4-8-14(16)17-12-15(19(22)25-17)20(27)23-11-10-18(26)24-13-6-2-1-3-7-13/h1-9,12,25H,10-11H2,(H,23,27)(H,24,26). The van der Waals surface area contributed by atoms with Gasteiger partial charge in [-0.15, -0.1) is 0 Å². The maximum Gasteiger partial charge on any atom is 0.254 e. The molecule has 3 rings (SSSR count). The molecular formula is C20H17Cl2N3O2. The summed E-state index contributed by atoms with van der Waals surface area (Å²) in [4.78, 5) is 27.2. The van der Waals surface area contributed by atoms with Crippen molar-refractivity contribution < 1.29 is 9.59 Å². The van der Waals surface area contributed by atoms with Crippen LogP contribution >= 0.6 is 23.2 Å². The summed E-state index contributed by atoms with van der Waals surface area (Å²) in [6.45, 7) is 0.195. The predicted octanol–water partition coefficient (Wildman–Crippen LogP) is 4.75. The first-order valence-corrected chi connectivity index (χ1v) is 9.06. The molecule has 0 saturated carbocycles. The molecule has 0 spiro atoms. The zero-order valence-corrected chi connectivity index (χ0v) is 15.8. The monoisotopic (exact) mass is 401 g/mol. The van der Waals surface area contributed by atoms with Crippen molar-refractivity contribution in [1.29, 1.82) is 0 Å². The Morgan fingerprint density at radius 1 is 0.963 bits per heavy atom. The predicted molar refractivity (Wildman–Crippen MR) is 108 cm³/mol. The number of rotatable bonds is 6. The molecule has 3 aromatic rings. The lowest BCUT2D eigenvalue weighted by Crippen LogP contribution is -2.27. The van der Waals surface area contributed by atoms with Crippen molar-refractivity contribution in [2.75, 3.05) is 11.9 Å². The van der Waals surface area contributed by atoms with Crippen LogP contribution < -0.4 is 10.6 Å². The molecule has 0 aliphatic heterocycles. The van der Waals surface area contributed by atoms with Crippen molar-refractivity contribution in [2.45, 2.75) is 6.42 Å². The number of carbonyl (C=O) groups excluding carboxylic acids is 2. The van der Waals surface area contributed by atoms with Gasteiger partial charge in [0.25, 0.3) is 5.91 Å². The molecule has 0 atom stereocenters. The molecule has 0 bridgehead atoms. The molecule has 1 heterocycles. The molecule has 2 amide bonds. The normalized spacial score (nSPS) is 10.4. The molecule has 0 aliphatic rings. The number of H-pyrrole nitrogens is 1. The summed E-state index contributed by atoms with van der Waals surface area (Å²) >= 11 is 12.3. The summed E-state index contributed by atoms with van der Waals surface area (Å²) in [7, 11) is 0. The lowest BCUT2D eigenvalue weighted by Gasteiger charge is -2.06. The number of aromatic amines is 1. The van der Waals surface area contributed by atoms with Crippen molar-refractivity contribution in [3.05, 3.63) is 76.4 Å². The smallest absolute Gasteiger partial charge is 0.254 e. The Morgan fingerprint density at radius 2 is 1.67 bits per heavy atom. The molecule has 0 fully saturated rings. The van der Waals surface area contributed by atoms with Crippen LogP contribution in [0, 0.1) is 0 Å². The van der Waals surface area contributed by atoms with E-state index in [0.717, 1.165) is 5.56 Å². The number of amides is 2. The number of halogens is 2. The number of aromatic nitrogens is 1. The number of para-hydroxylation sites is 1. The SMILES string of the molecule is O=C(CCNC(=O)c1cc(-c2ccccc2Cl)[nH]c1Cl)Nc1ccccc1. The van der Waals surface area contributed by atoms with E-state index in [1.165, 1.54) is 0 Å². The van der Waals surface area contributed by atoms with E-state index >= 15 is 0 Å². The van der Waals surface area contributed by atoms with Gasteiger partial charge in [-0.25, -0.2) is 0 Å². The van der Waals surface area contributed by atoms with Crippen molar-refractivity contribution in [3.8, 4) is 11.3 Å². The molecule has 0 aliphatic carbocycles. The molecule has 138 valence electrons. The van der Waals surface area contributed by atoms with Crippen LogP contribution in [-0.4, -0.2) is 23.3 Å². The minimum absolute atomic E-state index is 0.153. The van der Waals surface area contributed by atoms with E-state index in [4.69, 9.17) is 23.2 Å². The first-order valence-electron chi connectivity index (χ1n) is 8.31. The van der Waals surface area contributed by atoms with Crippen LogP contribution in [0.25, 0.3) is 11.3 Å². The summed E-state index contributed by atoms with van der Waals surface area (Å²) in [5.41, 5.74) is 2.42. The lowest BCUT2D eigenvalue weighted by molar-refractivity contribution is -0.116. The fourth-order valence-electron chi connectivity index (χ4n) is 2.55.